The lowest BCUT2D eigenvalue weighted by Gasteiger charge is -2.32. The number of methoxy groups -OCH3 is 2. The maximum atomic E-state index is 12.8. The van der Waals surface area contributed by atoms with Gasteiger partial charge in [-0.25, -0.2) is 4.98 Å². The average Bonchev–Trinajstić information content (AvgIpc) is 2.73. The Morgan fingerprint density at radius 1 is 1.17 bits per heavy atom. The third-order valence-corrected chi connectivity index (χ3v) is 5.24. The summed E-state index contributed by atoms with van der Waals surface area (Å²) in [5, 5.41) is 2.81. The van der Waals surface area contributed by atoms with Crippen molar-refractivity contribution < 1.29 is 27.4 Å². The van der Waals surface area contributed by atoms with E-state index in [0.717, 1.165) is 12.3 Å². The summed E-state index contributed by atoms with van der Waals surface area (Å²) >= 11 is 6.02. The fourth-order valence-electron chi connectivity index (χ4n) is 3.33. The van der Waals surface area contributed by atoms with Crippen LogP contribution in [0.15, 0.2) is 30.5 Å². The predicted octanol–water partition coefficient (Wildman–Crippen LogP) is 4.63. The van der Waals surface area contributed by atoms with Gasteiger partial charge in [0.2, 0.25) is 5.91 Å². The number of rotatable bonds is 5. The van der Waals surface area contributed by atoms with E-state index < -0.39 is 11.7 Å². The molecule has 1 aliphatic rings. The van der Waals surface area contributed by atoms with Crippen LogP contribution in [0.1, 0.15) is 18.4 Å². The topological polar surface area (TPSA) is 63.7 Å². The van der Waals surface area contributed by atoms with E-state index in [2.05, 4.69) is 10.3 Å². The van der Waals surface area contributed by atoms with E-state index in [9.17, 15) is 18.0 Å². The number of nitrogens with one attached hydrogen (secondary N) is 1. The van der Waals surface area contributed by atoms with Gasteiger partial charge in [0.15, 0.2) is 11.5 Å². The van der Waals surface area contributed by atoms with Gasteiger partial charge in [-0.1, -0.05) is 11.6 Å². The highest BCUT2D eigenvalue weighted by Gasteiger charge is 2.33. The van der Waals surface area contributed by atoms with Crippen molar-refractivity contribution in [2.45, 2.75) is 19.0 Å². The van der Waals surface area contributed by atoms with Gasteiger partial charge in [0.05, 0.1) is 24.8 Å². The van der Waals surface area contributed by atoms with E-state index in [1.165, 1.54) is 14.2 Å². The molecule has 1 fully saturated rings. The van der Waals surface area contributed by atoms with Crippen LogP contribution in [0, 0.1) is 5.92 Å². The highest BCUT2D eigenvalue weighted by atomic mass is 35.5. The van der Waals surface area contributed by atoms with Gasteiger partial charge in [0, 0.05) is 37.0 Å². The van der Waals surface area contributed by atoms with Crippen molar-refractivity contribution in [3.8, 4) is 11.5 Å². The number of alkyl halides is 3. The van der Waals surface area contributed by atoms with Crippen LogP contribution in [0.3, 0.4) is 0 Å². The standard InChI is InChI=1S/C20H21ClF3N3O3/c1-29-16-4-3-14(10-17(16)30-2)26-19(28)12-5-7-27(8-6-12)18-15(21)9-13(11-25-18)20(22,23)24/h3-4,9-12H,5-8H2,1-2H3,(H,26,28). The first kappa shape index (κ1) is 22.0. The number of carbonyl (C=O) groups is 1. The molecule has 30 heavy (non-hydrogen) atoms. The van der Waals surface area contributed by atoms with Crippen LogP contribution < -0.4 is 19.7 Å². The molecule has 2 heterocycles. The summed E-state index contributed by atoms with van der Waals surface area (Å²) in [7, 11) is 3.04. The number of nitrogens with zero attached hydrogens (tertiary/aromatic N) is 2. The number of amides is 1. The Balaban J connectivity index is 1.61. The second kappa shape index (κ2) is 8.99. The maximum absolute atomic E-state index is 12.8. The first-order chi connectivity index (χ1) is 14.2. The van der Waals surface area contributed by atoms with Crippen molar-refractivity contribution in [1.82, 2.24) is 4.98 Å². The summed E-state index contributed by atoms with van der Waals surface area (Å²) in [4.78, 5) is 18.3. The van der Waals surface area contributed by atoms with Crippen LogP contribution in [0.4, 0.5) is 24.7 Å². The van der Waals surface area contributed by atoms with E-state index in [1.54, 1.807) is 23.1 Å². The lowest BCUT2D eigenvalue weighted by atomic mass is 9.95. The maximum Gasteiger partial charge on any atom is 0.417 e. The molecule has 1 saturated heterocycles. The third kappa shape index (κ3) is 4.89. The molecule has 2 aromatic rings. The molecule has 1 aromatic carbocycles. The summed E-state index contributed by atoms with van der Waals surface area (Å²) in [6, 6.07) is 5.98. The van der Waals surface area contributed by atoms with Crippen molar-refractivity contribution in [2.75, 3.05) is 37.5 Å². The molecular formula is C20H21ClF3N3O3. The van der Waals surface area contributed by atoms with E-state index in [-0.39, 0.29) is 16.8 Å². The molecule has 0 atom stereocenters. The number of pyridine rings is 1. The molecule has 162 valence electrons. The van der Waals surface area contributed by atoms with E-state index >= 15 is 0 Å². The van der Waals surface area contributed by atoms with Gasteiger partial charge < -0.3 is 19.7 Å². The molecule has 0 radical (unpaired) electrons. The summed E-state index contributed by atoms with van der Waals surface area (Å²) in [6.45, 7) is 0.921. The molecule has 10 heteroatoms. The molecular weight excluding hydrogens is 423 g/mol. The van der Waals surface area contributed by atoms with Crippen molar-refractivity contribution in [2.24, 2.45) is 5.92 Å². The van der Waals surface area contributed by atoms with Crippen molar-refractivity contribution in [3.63, 3.8) is 0 Å². The van der Waals surface area contributed by atoms with Gasteiger partial charge in [0.1, 0.15) is 5.82 Å². The number of hydrogen-bond donors (Lipinski definition) is 1. The number of benzene rings is 1. The molecule has 3 rings (SSSR count). The van der Waals surface area contributed by atoms with Crippen LogP contribution in [-0.2, 0) is 11.0 Å². The molecule has 0 aliphatic carbocycles. The summed E-state index contributed by atoms with van der Waals surface area (Å²) in [5.74, 6) is 0.997. The number of aromatic nitrogens is 1. The normalized spacial score (nSPS) is 15.1. The average molecular weight is 444 g/mol. The first-order valence-electron chi connectivity index (χ1n) is 9.23. The number of piperidine rings is 1. The SMILES string of the molecule is COc1ccc(NC(=O)C2CCN(c3ncc(C(F)(F)F)cc3Cl)CC2)cc1OC. The van der Waals surface area contributed by atoms with E-state index in [1.807, 2.05) is 0 Å². The smallest absolute Gasteiger partial charge is 0.417 e. The molecule has 1 amide bonds. The number of hydrogen-bond acceptors (Lipinski definition) is 5. The molecule has 1 aromatic heterocycles. The molecule has 1 N–H and O–H groups in total. The Labute approximate surface area is 176 Å². The van der Waals surface area contributed by atoms with Crippen molar-refractivity contribution in [1.29, 1.82) is 0 Å². The zero-order valence-electron chi connectivity index (χ0n) is 16.4. The minimum Gasteiger partial charge on any atom is -0.493 e. The first-order valence-corrected chi connectivity index (χ1v) is 9.61. The largest absolute Gasteiger partial charge is 0.493 e. The Morgan fingerprint density at radius 2 is 1.83 bits per heavy atom. The Bertz CT molecular complexity index is 916. The number of carbonyl (C=O) groups excluding carboxylic acids is 1. The predicted molar refractivity (Wildman–Crippen MR) is 107 cm³/mol. The molecule has 0 unspecified atom stereocenters. The quantitative estimate of drug-likeness (QED) is 0.730. The molecule has 0 bridgehead atoms. The van der Waals surface area contributed by atoms with Gasteiger partial charge in [-0.3, -0.25) is 4.79 Å². The molecule has 6 nitrogen and oxygen atoms in total. The van der Waals surface area contributed by atoms with Crippen LogP contribution in [-0.4, -0.2) is 38.2 Å². The summed E-state index contributed by atoms with van der Waals surface area (Å²) < 4.78 is 48.8. The minimum absolute atomic E-state index is 0.0574. The second-order valence-electron chi connectivity index (χ2n) is 6.85. The number of anilines is 2. The van der Waals surface area contributed by atoms with Gasteiger partial charge in [-0.15, -0.1) is 0 Å². The zero-order chi connectivity index (χ0) is 21.9. The Kier molecular flexibility index (Phi) is 6.60. The van der Waals surface area contributed by atoms with Crippen LogP contribution in [0.2, 0.25) is 5.02 Å². The van der Waals surface area contributed by atoms with Gasteiger partial charge in [-0.2, -0.15) is 13.2 Å². The van der Waals surface area contributed by atoms with Crippen LogP contribution in [0.5, 0.6) is 11.5 Å². The van der Waals surface area contributed by atoms with Crippen molar-refractivity contribution >= 4 is 29.0 Å². The van der Waals surface area contributed by atoms with Gasteiger partial charge in [0.25, 0.3) is 0 Å². The summed E-state index contributed by atoms with van der Waals surface area (Å²) in [5.41, 5.74) is -0.298. The number of halogens is 4. The van der Waals surface area contributed by atoms with Crippen LogP contribution in [0.25, 0.3) is 0 Å². The van der Waals surface area contributed by atoms with Crippen molar-refractivity contribution in [3.05, 3.63) is 41.0 Å². The molecule has 0 saturated carbocycles. The summed E-state index contributed by atoms with van der Waals surface area (Å²) in [6.07, 6.45) is -2.67. The van der Waals surface area contributed by atoms with E-state index in [0.29, 0.717) is 48.9 Å². The van der Waals surface area contributed by atoms with Gasteiger partial charge >= 0.3 is 6.18 Å². The molecule has 0 spiro atoms. The lowest BCUT2D eigenvalue weighted by Crippen LogP contribution is -2.38. The lowest BCUT2D eigenvalue weighted by molar-refractivity contribution is -0.137. The highest BCUT2D eigenvalue weighted by Crippen LogP contribution is 2.35. The van der Waals surface area contributed by atoms with Gasteiger partial charge in [-0.05, 0) is 31.0 Å². The number of ether oxygens (including phenoxy) is 2. The Morgan fingerprint density at radius 3 is 2.40 bits per heavy atom. The fourth-order valence-corrected chi connectivity index (χ4v) is 3.62. The highest BCUT2D eigenvalue weighted by molar-refractivity contribution is 6.33. The third-order valence-electron chi connectivity index (χ3n) is 4.97. The fraction of sp³-hybridized carbons (Fsp3) is 0.400. The zero-order valence-corrected chi connectivity index (χ0v) is 17.2. The minimum atomic E-state index is -4.50. The van der Waals surface area contributed by atoms with E-state index in [4.69, 9.17) is 21.1 Å². The Hall–Kier alpha value is -2.68. The monoisotopic (exact) mass is 443 g/mol. The molecule has 1 aliphatic heterocycles. The van der Waals surface area contributed by atoms with Crippen LogP contribution >= 0.6 is 11.6 Å². The second-order valence-corrected chi connectivity index (χ2v) is 7.25.